The molecule has 0 spiro atoms. The van der Waals surface area contributed by atoms with Crippen molar-refractivity contribution in [1.29, 1.82) is 0 Å². The Morgan fingerprint density at radius 1 is 0.223 bits per heavy atom. The van der Waals surface area contributed by atoms with Gasteiger partial charge in [-0.05, 0) is 136 Å². The Hall–Kier alpha value is -10.4. The third-order valence-electron chi connectivity index (χ3n) is 13.8. The third-order valence-corrected chi connectivity index (χ3v) is 13.8. The van der Waals surface area contributed by atoms with Crippen LogP contribution in [-0.2, 0) is 0 Å². The standard InChI is InChI=1S/C26H23O2.C26H23O.C23H17O.3BF3.3FH/c1-18-4-8-21(9-5-18)25-16-23(20-12-14-24(27-3)15-13-20)17-26(28-25)22-10-6-19(2)7-11-22;1-18-4-10-21(11-5-18)24-16-25(22-12-6-19(2)7-13-22)27-26(17-24)23-14-8-20(3)9-15-23;1-4-10-18(11-5-1)21-16-22(19-12-6-2-7-13-19)24-23(17-21)20-14-8-3-9-15-20;3*2-1(3)4;;;/h4-17H,1-3H3;4-17H,1-3H3;1-17H;;;;3*1H/q3*+1;;;;;;/p-3. The number of hydrogen-bond donors (Lipinski definition) is 0. The van der Waals surface area contributed by atoms with Gasteiger partial charge in [-0.15, -0.1) is 0 Å². The van der Waals surface area contributed by atoms with Crippen LogP contribution in [0.1, 0.15) is 27.8 Å². The summed E-state index contributed by atoms with van der Waals surface area (Å²) in [6.07, 6.45) is 0. The number of rotatable bonds is 10. The summed E-state index contributed by atoms with van der Waals surface area (Å²) >= 11 is 0. The van der Waals surface area contributed by atoms with Gasteiger partial charge in [0.25, 0.3) is 0 Å². The van der Waals surface area contributed by atoms with Gasteiger partial charge in [-0.1, -0.05) is 179 Å². The Morgan fingerprint density at radius 3 is 0.585 bits per heavy atom. The molecule has 0 aliphatic heterocycles. The molecule has 3 heterocycles. The molecule has 19 heteroatoms. The van der Waals surface area contributed by atoms with Crippen LogP contribution in [0.3, 0.4) is 0 Å². The maximum atomic E-state index is 9.67. The van der Waals surface area contributed by atoms with E-state index < -0.39 is 22.6 Å². The van der Waals surface area contributed by atoms with Crippen LogP contribution in [0.5, 0.6) is 5.75 Å². The van der Waals surface area contributed by atoms with Crippen LogP contribution in [0.2, 0.25) is 0 Å². The van der Waals surface area contributed by atoms with Crippen LogP contribution in [0.15, 0.2) is 286 Å². The predicted molar refractivity (Wildman–Crippen MR) is 356 cm³/mol. The molecular weight excluding hydrogens is 1230 g/mol. The summed E-state index contributed by atoms with van der Waals surface area (Å²) in [5.41, 5.74) is 19.6. The smallest absolute Gasteiger partial charge is 0.762 e. The lowest BCUT2D eigenvalue weighted by Gasteiger charge is -2.04. The largest absolute Gasteiger partial charge is 1.00 e. The molecule has 0 saturated carbocycles. The fourth-order valence-electron chi connectivity index (χ4n) is 9.09. The van der Waals surface area contributed by atoms with Crippen molar-refractivity contribution < 1.29 is 70.9 Å². The summed E-state index contributed by atoms with van der Waals surface area (Å²) in [4.78, 5) is 0. The molecule has 0 saturated heterocycles. The zero-order valence-corrected chi connectivity index (χ0v) is 51.9. The minimum atomic E-state index is -3.67. The fraction of sp³-hybridized carbons (Fsp3) is 0.0800. The summed E-state index contributed by atoms with van der Waals surface area (Å²) in [5.74, 6) is 6.05. The zero-order valence-electron chi connectivity index (χ0n) is 51.9. The summed E-state index contributed by atoms with van der Waals surface area (Å²) < 4.78 is 111. The molecule has 0 aliphatic rings. The first-order valence-electron chi connectivity index (χ1n) is 28.7. The van der Waals surface area contributed by atoms with Gasteiger partial charge in [-0.25, -0.2) is 13.3 Å². The number of aryl methyl sites for hydroxylation is 5. The number of ether oxygens (including phenoxy) is 1. The molecule has 12 rings (SSSR count). The average molecular weight is 1290 g/mol. The van der Waals surface area contributed by atoms with Crippen molar-refractivity contribution in [2.75, 3.05) is 7.11 Å². The average Bonchev–Trinajstić information content (AvgIpc) is 0.823. The van der Waals surface area contributed by atoms with E-state index in [-0.39, 0.29) is 14.1 Å². The molecule has 0 atom stereocenters. The van der Waals surface area contributed by atoms with Crippen molar-refractivity contribution in [2.45, 2.75) is 34.6 Å². The van der Waals surface area contributed by atoms with E-state index in [4.69, 9.17) is 18.0 Å². The minimum Gasteiger partial charge on any atom is -1.00 e. The molecule has 12 aromatic rings. The molecule has 94 heavy (non-hydrogen) atoms. The Bertz CT molecular complexity index is 3750. The molecule has 0 N–H and O–H groups in total. The molecule has 480 valence electrons. The van der Waals surface area contributed by atoms with E-state index in [1.807, 2.05) is 54.6 Å². The molecule has 9 aromatic carbocycles. The van der Waals surface area contributed by atoms with E-state index in [1.165, 1.54) is 38.9 Å². The lowest BCUT2D eigenvalue weighted by Crippen LogP contribution is -3.00. The first kappa shape index (κ1) is 76.0. The van der Waals surface area contributed by atoms with Crippen LogP contribution >= 0.6 is 0 Å². The second kappa shape index (κ2) is 38.4. The van der Waals surface area contributed by atoms with Gasteiger partial charge in [-0.3, -0.25) is 38.8 Å². The monoisotopic (exact) mass is 1290 g/mol. The molecule has 0 fully saturated rings. The second-order valence-corrected chi connectivity index (χ2v) is 20.6. The maximum Gasteiger partial charge on any atom is 0.762 e. The first-order chi connectivity index (χ1) is 43.8. The lowest BCUT2D eigenvalue weighted by atomic mass is 10.0. The summed E-state index contributed by atoms with van der Waals surface area (Å²) in [5, 5.41) is 0. The topological polar surface area (TPSA) is 43.1 Å². The van der Waals surface area contributed by atoms with Gasteiger partial charge in [0.2, 0.25) is 0 Å². The third kappa shape index (κ3) is 24.3. The molecular formula is C75H63B3F12O4. The number of halogens is 12. The van der Waals surface area contributed by atoms with Crippen molar-refractivity contribution >= 4 is 22.6 Å². The van der Waals surface area contributed by atoms with E-state index in [9.17, 15) is 38.8 Å². The predicted octanol–water partition coefficient (Wildman–Crippen LogP) is 14.9. The van der Waals surface area contributed by atoms with Crippen molar-refractivity contribution in [3.63, 3.8) is 0 Å². The summed E-state index contributed by atoms with van der Waals surface area (Å²) in [6, 6.07) is 94.1. The maximum absolute atomic E-state index is 9.67. The van der Waals surface area contributed by atoms with Crippen LogP contribution < -0.4 is 18.9 Å². The molecule has 4 nitrogen and oxygen atoms in total. The highest BCUT2D eigenvalue weighted by Crippen LogP contribution is 2.37. The minimum absolute atomic E-state index is 0. The molecule has 0 amide bonds. The number of methoxy groups -OCH3 is 1. The number of hydrogen-bond acceptors (Lipinski definition) is 1. The van der Waals surface area contributed by atoms with Gasteiger partial charge in [0.1, 0.15) is 5.75 Å². The van der Waals surface area contributed by atoms with E-state index in [0.717, 1.165) is 95.9 Å². The van der Waals surface area contributed by atoms with Crippen LogP contribution in [0.4, 0.5) is 38.8 Å². The van der Waals surface area contributed by atoms with Crippen molar-refractivity contribution in [1.82, 2.24) is 0 Å². The normalized spacial score (nSPS) is 9.82. The van der Waals surface area contributed by atoms with E-state index in [0.29, 0.717) is 0 Å². The SMILES string of the molecule is COc1ccc(-c2cc(-c3ccc(C)cc3)[o+]c(-c3ccc(C)cc3)c2)cc1.Cc1ccc(-c2cc(-c3ccc(C)cc3)[o+]c(-c3ccc(C)cc3)c2)cc1.FB(F)F.FB(F)F.FB(F)F.[F-].[F-].[F-].c1ccc(-c2cc(-c3ccccc3)[o+]c(-c3ccccc3)c2)cc1. The second-order valence-electron chi connectivity index (χ2n) is 20.6. The summed E-state index contributed by atoms with van der Waals surface area (Å²) in [6.45, 7) is 10.5. The van der Waals surface area contributed by atoms with Crippen LogP contribution in [0, 0.1) is 34.6 Å². The van der Waals surface area contributed by atoms with Gasteiger partial charge in [-0.2, -0.15) is 0 Å². The Balaban J connectivity index is 0.000000272. The molecule has 0 aliphatic carbocycles. The van der Waals surface area contributed by atoms with Gasteiger partial charge in [0.15, 0.2) is 0 Å². The zero-order chi connectivity index (χ0) is 65.2. The number of benzene rings is 9. The van der Waals surface area contributed by atoms with Crippen molar-refractivity contribution in [2.24, 2.45) is 0 Å². The van der Waals surface area contributed by atoms with Crippen LogP contribution in [0.25, 0.3) is 101 Å². The Morgan fingerprint density at radius 2 is 0.383 bits per heavy atom. The van der Waals surface area contributed by atoms with Crippen molar-refractivity contribution in [3.8, 4) is 107 Å². The van der Waals surface area contributed by atoms with E-state index in [1.54, 1.807) is 7.11 Å². The van der Waals surface area contributed by atoms with E-state index in [2.05, 4.69) is 253 Å². The van der Waals surface area contributed by atoms with Crippen molar-refractivity contribution in [3.05, 3.63) is 301 Å². The first-order valence-corrected chi connectivity index (χ1v) is 28.7. The van der Waals surface area contributed by atoms with Gasteiger partial charge in [0.05, 0.1) is 76.9 Å². The van der Waals surface area contributed by atoms with Crippen LogP contribution in [-0.4, -0.2) is 29.7 Å². The summed E-state index contributed by atoms with van der Waals surface area (Å²) in [7, 11) is -9.32. The highest BCUT2D eigenvalue weighted by molar-refractivity contribution is 6.33. The quantitative estimate of drug-likeness (QED) is 0.0777. The highest BCUT2D eigenvalue weighted by Gasteiger charge is 2.24. The van der Waals surface area contributed by atoms with Gasteiger partial charge < -0.3 is 18.9 Å². The molecule has 3 aromatic heterocycles. The highest BCUT2D eigenvalue weighted by atomic mass is 19.4. The fourth-order valence-corrected chi connectivity index (χ4v) is 9.09. The lowest BCUT2D eigenvalue weighted by molar-refractivity contribution is -0.00100. The Kier molecular flexibility index (Phi) is 31.1. The molecule has 0 radical (unpaired) electrons. The Labute approximate surface area is 540 Å². The molecule has 0 unspecified atom stereocenters. The molecule has 0 bridgehead atoms. The van der Waals surface area contributed by atoms with E-state index >= 15 is 0 Å². The van der Waals surface area contributed by atoms with Gasteiger partial charge >= 0.3 is 57.2 Å². The van der Waals surface area contributed by atoms with Gasteiger partial charge in [0, 0.05) is 16.7 Å².